The number of thiophene rings is 1. The van der Waals surface area contributed by atoms with Crippen molar-refractivity contribution in [2.45, 2.75) is 6.42 Å². The van der Waals surface area contributed by atoms with Gasteiger partial charge in [-0.1, -0.05) is 11.6 Å². The highest BCUT2D eigenvalue weighted by molar-refractivity contribution is 7.90. The van der Waals surface area contributed by atoms with E-state index in [-0.39, 0.29) is 18.0 Å². The van der Waals surface area contributed by atoms with Gasteiger partial charge in [0.2, 0.25) is 0 Å². The maximum Gasteiger partial charge on any atom is 0.175 e. The van der Waals surface area contributed by atoms with Crippen molar-refractivity contribution in [1.29, 1.82) is 0 Å². The van der Waals surface area contributed by atoms with E-state index in [0.29, 0.717) is 9.90 Å². The molecule has 0 atom stereocenters. The molecule has 78 valence electrons. The van der Waals surface area contributed by atoms with Crippen molar-refractivity contribution in [2.24, 2.45) is 0 Å². The van der Waals surface area contributed by atoms with Gasteiger partial charge in [-0.3, -0.25) is 4.79 Å². The summed E-state index contributed by atoms with van der Waals surface area (Å²) < 4.78 is 21.6. The standard InChI is InChI=1S/C8H9ClO3S2/c1-14(11,12)5-3-7(10)8-6(9)2-4-13-8/h2,4H,3,5H2,1H3. The third-order valence-electron chi connectivity index (χ3n) is 1.57. The van der Waals surface area contributed by atoms with Gasteiger partial charge in [0.1, 0.15) is 9.84 Å². The summed E-state index contributed by atoms with van der Waals surface area (Å²) in [4.78, 5) is 11.9. The number of carbonyl (C=O) groups is 1. The van der Waals surface area contributed by atoms with E-state index >= 15 is 0 Å². The van der Waals surface area contributed by atoms with Crippen LogP contribution in [0.2, 0.25) is 5.02 Å². The van der Waals surface area contributed by atoms with E-state index in [9.17, 15) is 13.2 Å². The Morgan fingerprint density at radius 3 is 2.64 bits per heavy atom. The van der Waals surface area contributed by atoms with Crippen LogP contribution in [0.25, 0.3) is 0 Å². The summed E-state index contributed by atoms with van der Waals surface area (Å²) in [5, 5.41) is 2.10. The van der Waals surface area contributed by atoms with Crippen LogP contribution in [0.4, 0.5) is 0 Å². The fraction of sp³-hybridized carbons (Fsp3) is 0.375. The monoisotopic (exact) mass is 252 g/mol. The van der Waals surface area contributed by atoms with Crippen LogP contribution in [0, 0.1) is 0 Å². The molecule has 0 aliphatic heterocycles. The van der Waals surface area contributed by atoms with E-state index < -0.39 is 9.84 Å². The highest BCUT2D eigenvalue weighted by atomic mass is 35.5. The maximum absolute atomic E-state index is 11.4. The molecular weight excluding hydrogens is 244 g/mol. The molecule has 0 aromatic carbocycles. The second-order valence-electron chi connectivity index (χ2n) is 2.90. The van der Waals surface area contributed by atoms with Crippen LogP contribution in [0.15, 0.2) is 11.4 Å². The van der Waals surface area contributed by atoms with Crippen molar-refractivity contribution in [1.82, 2.24) is 0 Å². The molecular formula is C8H9ClO3S2. The van der Waals surface area contributed by atoms with Gasteiger partial charge in [0.05, 0.1) is 15.7 Å². The fourth-order valence-electron chi connectivity index (χ4n) is 0.884. The summed E-state index contributed by atoms with van der Waals surface area (Å²) in [6.07, 6.45) is 1.11. The molecule has 0 radical (unpaired) electrons. The number of Topliss-reactive ketones (excluding diaryl/α,β-unsaturated/α-hetero) is 1. The molecule has 14 heavy (non-hydrogen) atoms. The number of rotatable bonds is 4. The Bertz CT molecular complexity index is 433. The first-order valence-electron chi connectivity index (χ1n) is 3.84. The van der Waals surface area contributed by atoms with Gasteiger partial charge in [0.15, 0.2) is 5.78 Å². The zero-order valence-electron chi connectivity index (χ0n) is 7.49. The second-order valence-corrected chi connectivity index (χ2v) is 6.48. The summed E-state index contributed by atoms with van der Waals surface area (Å²) >= 11 is 6.96. The van der Waals surface area contributed by atoms with Gasteiger partial charge < -0.3 is 0 Å². The van der Waals surface area contributed by atoms with Crippen LogP contribution in [-0.4, -0.2) is 26.2 Å². The number of ketones is 1. The van der Waals surface area contributed by atoms with Crippen molar-refractivity contribution >= 4 is 38.6 Å². The number of hydrogen-bond acceptors (Lipinski definition) is 4. The highest BCUT2D eigenvalue weighted by Gasteiger charge is 2.14. The first kappa shape index (κ1) is 11.7. The van der Waals surface area contributed by atoms with E-state index in [1.54, 1.807) is 11.4 Å². The van der Waals surface area contributed by atoms with Crippen LogP contribution in [-0.2, 0) is 9.84 Å². The molecule has 0 saturated heterocycles. The smallest absolute Gasteiger partial charge is 0.175 e. The number of carbonyl (C=O) groups excluding carboxylic acids is 1. The summed E-state index contributed by atoms with van der Waals surface area (Å²) in [7, 11) is -3.08. The number of halogens is 1. The summed E-state index contributed by atoms with van der Waals surface area (Å²) in [6.45, 7) is 0. The maximum atomic E-state index is 11.4. The van der Waals surface area contributed by atoms with E-state index in [1.165, 1.54) is 11.3 Å². The van der Waals surface area contributed by atoms with Crippen LogP contribution in [0.5, 0.6) is 0 Å². The molecule has 1 aromatic heterocycles. The van der Waals surface area contributed by atoms with Crippen LogP contribution >= 0.6 is 22.9 Å². The molecule has 0 aliphatic rings. The lowest BCUT2D eigenvalue weighted by molar-refractivity contribution is 0.0993. The van der Waals surface area contributed by atoms with Gasteiger partial charge in [-0.05, 0) is 11.4 Å². The Morgan fingerprint density at radius 2 is 2.21 bits per heavy atom. The zero-order valence-corrected chi connectivity index (χ0v) is 9.88. The molecule has 1 rings (SSSR count). The van der Waals surface area contributed by atoms with E-state index in [1.807, 2.05) is 0 Å². The minimum absolute atomic E-state index is 0.000926. The third kappa shape index (κ3) is 3.40. The van der Waals surface area contributed by atoms with Gasteiger partial charge in [0, 0.05) is 12.7 Å². The fourth-order valence-corrected chi connectivity index (χ4v) is 2.57. The predicted octanol–water partition coefficient (Wildman–Crippen LogP) is 2.02. The van der Waals surface area contributed by atoms with Gasteiger partial charge in [-0.15, -0.1) is 11.3 Å². The number of hydrogen-bond donors (Lipinski definition) is 0. The molecule has 0 aliphatic carbocycles. The third-order valence-corrected chi connectivity index (χ3v) is 3.90. The molecule has 0 N–H and O–H groups in total. The van der Waals surface area contributed by atoms with Crippen LogP contribution in [0.3, 0.4) is 0 Å². The highest BCUT2D eigenvalue weighted by Crippen LogP contribution is 2.23. The summed E-state index contributed by atoms with van der Waals surface area (Å²) in [5.41, 5.74) is 0. The quantitative estimate of drug-likeness (QED) is 0.771. The Balaban J connectivity index is 2.65. The molecule has 1 aromatic rings. The first-order chi connectivity index (χ1) is 6.40. The van der Waals surface area contributed by atoms with Gasteiger partial charge >= 0.3 is 0 Å². The summed E-state index contributed by atoms with van der Waals surface area (Å²) in [5.74, 6) is -0.338. The van der Waals surface area contributed by atoms with Crippen molar-refractivity contribution in [2.75, 3.05) is 12.0 Å². The van der Waals surface area contributed by atoms with E-state index in [4.69, 9.17) is 11.6 Å². The lowest BCUT2D eigenvalue weighted by atomic mass is 10.2. The normalized spacial score (nSPS) is 11.6. The molecule has 0 fully saturated rings. The Labute approximate surface area is 91.6 Å². The molecule has 0 amide bonds. The molecule has 1 heterocycles. The minimum Gasteiger partial charge on any atom is -0.293 e. The van der Waals surface area contributed by atoms with Crippen LogP contribution in [0.1, 0.15) is 16.1 Å². The number of sulfone groups is 1. The minimum atomic E-state index is -3.08. The molecule has 0 unspecified atom stereocenters. The average Bonchev–Trinajstić information content (AvgIpc) is 2.46. The SMILES string of the molecule is CS(=O)(=O)CCC(=O)c1sccc1Cl. The van der Waals surface area contributed by atoms with Crippen molar-refractivity contribution in [3.8, 4) is 0 Å². The van der Waals surface area contributed by atoms with E-state index in [2.05, 4.69) is 0 Å². The largest absolute Gasteiger partial charge is 0.293 e. The average molecular weight is 253 g/mol. The van der Waals surface area contributed by atoms with Gasteiger partial charge in [-0.25, -0.2) is 8.42 Å². The van der Waals surface area contributed by atoms with Crippen molar-refractivity contribution < 1.29 is 13.2 Å². The van der Waals surface area contributed by atoms with Crippen molar-refractivity contribution in [3.05, 3.63) is 21.3 Å². The summed E-state index contributed by atoms with van der Waals surface area (Å²) in [6, 6.07) is 1.62. The Hall–Kier alpha value is -0.390. The lowest BCUT2D eigenvalue weighted by Gasteiger charge is -1.97. The van der Waals surface area contributed by atoms with E-state index in [0.717, 1.165) is 6.26 Å². The second kappa shape index (κ2) is 4.42. The zero-order chi connectivity index (χ0) is 10.8. The predicted molar refractivity (Wildman–Crippen MR) is 58.0 cm³/mol. The lowest BCUT2D eigenvalue weighted by Crippen LogP contribution is -2.08. The van der Waals surface area contributed by atoms with Gasteiger partial charge in [-0.2, -0.15) is 0 Å². The molecule has 0 saturated carbocycles. The molecule has 6 heteroatoms. The van der Waals surface area contributed by atoms with Gasteiger partial charge in [0.25, 0.3) is 0 Å². The Morgan fingerprint density at radius 1 is 1.57 bits per heavy atom. The Kier molecular flexibility index (Phi) is 3.69. The molecule has 0 bridgehead atoms. The van der Waals surface area contributed by atoms with Crippen LogP contribution < -0.4 is 0 Å². The van der Waals surface area contributed by atoms with Crippen molar-refractivity contribution in [3.63, 3.8) is 0 Å². The topological polar surface area (TPSA) is 51.2 Å². The molecule has 3 nitrogen and oxygen atoms in total. The first-order valence-corrected chi connectivity index (χ1v) is 7.16. The molecule has 0 spiro atoms.